The molecule has 0 radical (unpaired) electrons. The van der Waals surface area contributed by atoms with Crippen molar-refractivity contribution in [3.8, 4) is 21.6 Å². The summed E-state index contributed by atoms with van der Waals surface area (Å²) in [5.74, 6) is -3.16. The average Bonchev–Trinajstić information content (AvgIpc) is 4.14. The van der Waals surface area contributed by atoms with Crippen LogP contribution in [0, 0.1) is 25.2 Å². The molecule has 1 saturated carbocycles. The van der Waals surface area contributed by atoms with Gasteiger partial charge in [0.1, 0.15) is 23.6 Å². The van der Waals surface area contributed by atoms with E-state index in [9.17, 15) is 37.5 Å². The van der Waals surface area contributed by atoms with Crippen LogP contribution in [0.2, 0.25) is 0 Å². The van der Waals surface area contributed by atoms with Crippen LogP contribution in [0.1, 0.15) is 128 Å². The number of benzene rings is 3. The maximum atomic E-state index is 14.6. The predicted octanol–water partition coefficient (Wildman–Crippen LogP) is 8.51. The SMILES string of the molecule is Cc1ncsc1-c1ccc([C@H](C)NC(=O)[C@@H]2C[C@@H](O)CN2C(=O)[C@@H](NC(=O)CCS(=O)(=O)NC(=O)c2nc(N3CCc4cccc(C(=O)Nc5nc6ccccc6s5)c4C3)ccc2-c2cnn(CC3CCCCC3)c2C)C(C)(C)C)cc1. The number of fused-ring (bicyclic) bond motifs is 2. The number of aliphatic hydroxyl groups is 1. The van der Waals surface area contributed by atoms with Gasteiger partial charge in [-0.1, -0.05) is 99.9 Å². The third-order valence-corrected chi connectivity index (χ3v) is 19.1. The van der Waals surface area contributed by atoms with Crippen LogP contribution in [0.15, 0.2) is 90.6 Å². The van der Waals surface area contributed by atoms with Crippen LogP contribution in [0.5, 0.6) is 0 Å². The molecule has 1 saturated heterocycles. The van der Waals surface area contributed by atoms with Gasteiger partial charge < -0.3 is 25.5 Å². The molecule has 10 rings (SSSR count). The van der Waals surface area contributed by atoms with Gasteiger partial charge in [-0.2, -0.15) is 5.10 Å². The van der Waals surface area contributed by atoms with E-state index < -0.39 is 75.5 Å². The molecule has 5 N–H and O–H groups in total. The molecule has 22 heteroatoms. The van der Waals surface area contributed by atoms with Crippen LogP contribution >= 0.6 is 22.7 Å². The maximum absolute atomic E-state index is 14.6. The van der Waals surface area contributed by atoms with Crippen LogP contribution < -0.4 is 25.6 Å². The quantitative estimate of drug-likeness (QED) is 0.0574. The first-order valence-electron chi connectivity index (χ1n) is 27.9. The summed E-state index contributed by atoms with van der Waals surface area (Å²) in [5, 5.41) is 24.7. The third-order valence-electron chi connectivity index (χ3n) is 15.9. The summed E-state index contributed by atoms with van der Waals surface area (Å²) < 4.78 is 33.0. The highest BCUT2D eigenvalue weighted by Crippen LogP contribution is 2.35. The molecule has 4 atom stereocenters. The van der Waals surface area contributed by atoms with E-state index in [0.717, 1.165) is 74.4 Å². The number of likely N-dealkylation sites (tertiary alicyclic amines) is 1. The number of thiazole rings is 2. The molecule has 0 spiro atoms. The van der Waals surface area contributed by atoms with Crippen molar-refractivity contribution in [1.29, 1.82) is 0 Å². The zero-order valence-electron chi connectivity index (χ0n) is 46.9. The molecule has 7 aromatic rings. The van der Waals surface area contributed by atoms with E-state index in [0.29, 0.717) is 53.1 Å². The number of amides is 5. The van der Waals surface area contributed by atoms with Gasteiger partial charge in [0.15, 0.2) is 5.13 Å². The van der Waals surface area contributed by atoms with Gasteiger partial charge in [0.25, 0.3) is 11.8 Å². The van der Waals surface area contributed by atoms with Crippen LogP contribution in [0.25, 0.3) is 31.8 Å². The zero-order valence-corrected chi connectivity index (χ0v) is 49.3. The molecule has 4 aromatic heterocycles. The Labute approximate surface area is 485 Å². The van der Waals surface area contributed by atoms with Crippen LogP contribution in [0.3, 0.4) is 0 Å². The second-order valence-corrected chi connectivity index (χ2v) is 26.6. The number of nitrogens with zero attached hydrogens (tertiary/aromatic N) is 7. The number of pyridine rings is 1. The first kappa shape index (κ1) is 57.8. The molecule has 6 heterocycles. The average molecular weight is 1170 g/mol. The Morgan fingerprint density at radius 3 is 2.38 bits per heavy atom. The molecule has 2 aliphatic heterocycles. The van der Waals surface area contributed by atoms with E-state index >= 15 is 0 Å². The van der Waals surface area contributed by atoms with E-state index in [2.05, 4.69) is 30.6 Å². The van der Waals surface area contributed by atoms with E-state index in [4.69, 9.17) is 10.1 Å². The van der Waals surface area contributed by atoms with Gasteiger partial charge in [0.2, 0.25) is 27.7 Å². The number of aryl methyl sites for hydroxylation is 1. The number of β-amino-alcohol motifs (C(OH)–C–C–N with tert-alkyl or cyclic N) is 1. The van der Waals surface area contributed by atoms with Crippen molar-refractivity contribution in [1.82, 2.24) is 45.0 Å². The Balaban J connectivity index is 0.833. The van der Waals surface area contributed by atoms with Gasteiger partial charge in [-0.25, -0.2) is 28.1 Å². The lowest BCUT2D eigenvalue weighted by Gasteiger charge is -2.35. The van der Waals surface area contributed by atoms with Gasteiger partial charge in [-0.15, -0.1) is 11.3 Å². The lowest BCUT2D eigenvalue weighted by Crippen LogP contribution is -2.58. The number of anilines is 2. The van der Waals surface area contributed by atoms with Crippen LogP contribution in [0.4, 0.5) is 10.9 Å². The first-order chi connectivity index (χ1) is 39.2. The smallest absolute Gasteiger partial charge is 0.284 e. The summed E-state index contributed by atoms with van der Waals surface area (Å²) in [4.78, 5) is 88.7. The van der Waals surface area contributed by atoms with E-state index in [1.165, 1.54) is 22.7 Å². The van der Waals surface area contributed by atoms with Gasteiger partial charge in [-0.3, -0.25) is 34.0 Å². The fraction of sp³-hybridized carbons (Fsp3) is 0.417. The lowest BCUT2D eigenvalue weighted by molar-refractivity contribution is -0.144. The lowest BCUT2D eigenvalue weighted by atomic mass is 9.85. The maximum Gasteiger partial charge on any atom is 0.284 e. The Morgan fingerprint density at radius 2 is 1.65 bits per heavy atom. The number of aromatic nitrogens is 5. The van der Waals surface area contributed by atoms with Gasteiger partial charge >= 0.3 is 0 Å². The molecular weight excluding hydrogens is 1100 g/mol. The number of aliphatic hydroxyl groups excluding tert-OH is 1. The summed E-state index contributed by atoms with van der Waals surface area (Å²) >= 11 is 2.93. The van der Waals surface area contributed by atoms with Crippen LogP contribution in [-0.4, -0.2) is 110 Å². The number of sulfonamides is 1. The zero-order chi connectivity index (χ0) is 58.0. The highest BCUT2D eigenvalue weighted by atomic mass is 32.2. The van der Waals surface area contributed by atoms with Crippen molar-refractivity contribution in [2.45, 2.75) is 130 Å². The van der Waals surface area contributed by atoms with Crippen molar-refractivity contribution >= 4 is 83.4 Å². The number of nitrogens with one attached hydrogen (secondary N) is 4. The topological polar surface area (TPSA) is 251 Å². The van der Waals surface area contributed by atoms with Crippen molar-refractivity contribution in [2.24, 2.45) is 11.3 Å². The number of para-hydroxylation sites is 1. The van der Waals surface area contributed by atoms with E-state index in [1.54, 1.807) is 62.0 Å². The number of hydrogen-bond acceptors (Lipinski definition) is 15. The number of carbonyl (C=O) groups is 5. The molecule has 2 fully saturated rings. The minimum absolute atomic E-state index is 0.0173. The summed E-state index contributed by atoms with van der Waals surface area (Å²) in [7, 11) is -4.53. The Bertz CT molecular complexity index is 3620. The molecule has 3 aromatic carbocycles. The highest BCUT2D eigenvalue weighted by molar-refractivity contribution is 7.90. The minimum Gasteiger partial charge on any atom is -0.391 e. The molecule has 5 amide bonds. The number of hydrogen-bond donors (Lipinski definition) is 5. The van der Waals surface area contributed by atoms with Crippen molar-refractivity contribution < 1.29 is 37.5 Å². The number of rotatable bonds is 17. The summed E-state index contributed by atoms with van der Waals surface area (Å²) in [5.41, 5.74) is 8.28. The molecule has 0 bridgehead atoms. The molecule has 0 unspecified atom stereocenters. The fourth-order valence-corrected chi connectivity index (χ4v) is 13.9. The van der Waals surface area contributed by atoms with E-state index in [-0.39, 0.29) is 31.1 Å². The Hall–Kier alpha value is -7.40. The minimum atomic E-state index is -4.53. The second-order valence-electron chi connectivity index (χ2n) is 22.8. The second kappa shape index (κ2) is 24.2. The Morgan fingerprint density at radius 1 is 0.878 bits per heavy atom. The molecule has 1 aliphatic carbocycles. The summed E-state index contributed by atoms with van der Waals surface area (Å²) in [6.45, 7) is 12.2. The summed E-state index contributed by atoms with van der Waals surface area (Å²) in [6.07, 6.45) is 6.32. The largest absolute Gasteiger partial charge is 0.391 e. The van der Waals surface area contributed by atoms with Crippen molar-refractivity contribution in [3.05, 3.63) is 130 Å². The van der Waals surface area contributed by atoms with Crippen LogP contribution in [-0.2, 0) is 43.9 Å². The van der Waals surface area contributed by atoms with Gasteiger partial charge in [-0.05, 0) is 104 Å². The molecule has 430 valence electrons. The normalized spacial score (nSPS) is 17.5. The predicted molar refractivity (Wildman–Crippen MR) is 318 cm³/mol. The number of carbonyl (C=O) groups excluding carboxylic acids is 5. The van der Waals surface area contributed by atoms with E-state index in [1.807, 2.05) is 91.0 Å². The molecule has 82 heavy (non-hydrogen) atoms. The van der Waals surface area contributed by atoms with Crippen molar-refractivity contribution in [2.75, 3.05) is 29.1 Å². The summed E-state index contributed by atoms with van der Waals surface area (Å²) in [6, 6.07) is 21.9. The third kappa shape index (κ3) is 12.9. The highest BCUT2D eigenvalue weighted by Gasteiger charge is 2.45. The molecule has 19 nitrogen and oxygen atoms in total. The molecular formula is C60H69N11O8S3. The van der Waals surface area contributed by atoms with Crippen molar-refractivity contribution in [3.63, 3.8) is 0 Å². The standard InChI is InChI=1S/C60H69N11O8S3/c1-35(39-19-21-41(22-20-39)53-36(2)61-34-80-53)63-56(75)48-29-42(72)32-70(48)58(77)54(60(4,5)6)66-51(73)26-28-82(78,79)68-57(76)52-43(45-30-62-71(37(45)3)31-38-13-8-7-9-14-38)23-24-50(65-52)69-27-25-40-15-12-16-44(46(40)33-69)55(74)67-59-64-47-17-10-11-18-49(47)81-59/h10-12,15-24,30,34-35,38,42,48,54,72H,7-9,13-14,25-29,31-33H2,1-6H3,(H,63,75)(H,66,73)(H,68,76)(H,64,67,74)/t35-,42+,48-,54+/m0/s1. The van der Waals surface area contributed by atoms with Gasteiger partial charge in [0.05, 0.1) is 50.4 Å². The Kier molecular flexibility index (Phi) is 17.1. The molecule has 3 aliphatic rings. The monoisotopic (exact) mass is 1170 g/mol. The first-order valence-corrected chi connectivity index (χ1v) is 31.2. The fourth-order valence-electron chi connectivity index (χ4n) is 11.3. The van der Waals surface area contributed by atoms with Gasteiger partial charge in [0, 0.05) is 61.4 Å².